The van der Waals surface area contributed by atoms with Crippen molar-refractivity contribution in [2.24, 2.45) is 4.99 Å². The first-order valence-corrected chi connectivity index (χ1v) is 8.46. The molecule has 0 aliphatic rings. The van der Waals surface area contributed by atoms with Gasteiger partial charge in [-0.05, 0) is 18.1 Å². The second kappa shape index (κ2) is 11.4. The van der Waals surface area contributed by atoms with Crippen molar-refractivity contribution in [3.05, 3.63) is 51.5 Å². The minimum Gasteiger partial charge on any atom is -0.380 e. The average Bonchev–Trinajstić information content (AvgIpc) is 2.97. The molecular formula is C17H25IN4OS. The highest BCUT2D eigenvalue weighted by molar-refractivity contribution is 14.0. The van der Waals surface area contributed by atoms with Crippen LogP contribution in [0.4, 0.5) is 0 Å². The molecule has 0 saturated heterocycles. The first kappa shape index (κ1) is 20.9. The Morgan fingerprint density at radius 2 is 2.00 bits per heavy atom. The minimum atomic E-state index is 0. The Kier molecular flexibility index (Phi) is 9.89. The lowest BCUT2D eigenvalue weighted by atomic mass is 10.1. The fraction of sp³-hybridized carbons (Fsp3) is 0.412. The Bertz CT molecular complexity index is 645. The van der Waals surface area contributed by atoms with Crippen LogP contribution in [0.3, 0.4) is 0 Å². The molecule has 2 aromatic rings. The van der Waals surface area contributed by atoms with Gasteiger partial charge in [0.2, 0.25) is 0 Å². The van der Waals surface area contributed by atoms with Crippen LogP contribution < -0.4 is 10.6 Å². The second-order valence-corrected chi connectivity index (χ2v) is 6.49. The van der Waals surface area contributed by atoms with Gasteiger partial charge in [0.25, 0.3) is 0 Å². The first-order chi connectivity index (χ1) is 11.2. The van der Waals surface area contributed by atoms with E-state index in [1.165, 1.54) is 16.0 Å². The number of thiazole rings is 1. The number of methoxy groups -OCH3 is 1. The monoisotopic (exact) mass is 460 g/mol. The zero-order valence-corrected chi connectivity index (χ0v) is 17.5. The molecular weight excluding hydrogens is 435 g/mol. The van der Waals surface area contributed by atoms with Crippen molar-refractivity contribution in [1.29, 1.82) is 0 Å². The number of hydrogen-bond donors (Lipinski definition) is 2. The summed E-state index contributed by atoms with van der Waals surface area (Å²) in [4.78, 5) is 9.88. The van der Waals surface area contributed by atoms with E-state index in [2.05, 4.69) is 39.7 Å². The van der Waals surface area contributed by atoms with Crippen molar-refractivity contribution >= 4 is 41.3 Å². The molecule has 1 aromatic heterocycles. The number of aliphatic imine (C=N–C) groups is 1. The van der Waals surface area contributed by atoms with Gasteiger partial charge >= 0.3 is 0 Å². The van der Waals surface area contributed by atoms with Crippen molar-refractivity contribution in [3.63, 3.8) is 0 Å². The molecule has 0 aliphatic carbocycles. The first-order valence-electron chi connectivity index (χ1n) is 7.64. The van der Waals surface area contributed by atoms with Gasteiger partial charge in [-0.15, -0.1) is 35.3 Å². The van der Waals surface area contributed by atoms with Crippen LogP contribution >= 0.6 is 35.3 Å². The van der Waals surface area contributed by atoms with E-state index in [0.29, 0.717) is 6.61 Å². The maximum Gasteiger partial charge on any atom is 0.191 e. The standard InChI is InChI=1S/C17H24N4OS.HI/c1-13-10-20-16(23-13)8-9-19-17(18-2)21-11-14-6-4-5-7-15(14)12-22-3;/h4-7,10H,8-9,11-12H2,1-3H3,(H2,18,19,21);1H. The summed E-state index contributed by atoms with van der Waals surface area (Å²) in [7, 11) is 3.49. The van der Waals surface area contributed by atoms with Crippen LogP contribution in [0.25, 0.3) is 0 Å². The van der Waals surface area contributed by atoms with Gasteiger partial charge in [0, 0.05) is 44.7 Å². The van der Waals surface area contributed by atoms with Crippen LogP contribution in [0, 0.1) is 6.92 Å². The van der Waals surface area contributed by atoms with Gasteiger partial charge in [0.15, 0.2) is 5.96 Å². The molecule has 5 nitrogen and oxygen atoms in total. The van der Waals surface area contributed by atoms with Gasteiger partial charge in [0.05, 0.1) is 11.6 Å². The highest BCUT2D eigenvalue weighted by Gasteiger charge is 2.04. The summed E-state index contributed by atoms with van der Waals surface area (Å²) >= 11 is 1.74. The Morgan fingerprint density at radius 3 is 2.62 bits per heavy atom. The molecule has 1 heterocycles. The summed E-state index contributed by atoms with van der Waals surface area (Å²) in [5.74, 6) is 0.797. The number of aromatic nitrogens is 1. The Labute approximate surface area is 165 Å². The fourth-order valence-corrected chi connectivity index (χ4v) is 3.02. The molecule has 0 atom stereocenters. The van der Waals surface area contributed by atoms with Gasteiger partial charge < -0.3 is 15.4 Å². The van der Waals surface area contributed by atoms with Crippen LogP contribution in [-0.4, -0.2) is 31.6 Å². The normalized spacial score (nSPS) is 11.0. The van der Waals surface area contributed by atoms with Gasteiger partial charge in [-0.3, -0.25) is 4.99 Å². The highest BCUT2D eigenvalue weighted by atomic mass is 127. The lowest BCUT2D eigenvalue weighted by molar-refractivity contribution is 0.184. The quantitative estimate of drug-likeness (QED) is 0.379. The topological polar surface area (TPSA) is 58.5 Å². The third kappa shape index (κ3) is 6.74. The lowest BCUT2D eigenvalue weighted by Crippen LogP contribution is -2.38. The van der Waals surface area contributed by atoms with E-state index in [4.69, 9.17) is 4.74 Å². The van der Waals surface area contributed by atoms with Crippen molar-refractivity contribution in [2.75, 3.05) is 20.7 Å². The molecule has 7 heteroatoms. The van der Waals surface area contributed by atoms with Gasteiger partial charge in [-0.2, -0.15) is 0 Å². The SMILES string of the molecule is CN=C(NCCc1ncc(C)s1)NCc1ccccc1COC.I. The summed E-state index contributed by atoms with van der Waals surface area (Å²) in [5, 5.41) is 7.81. The lowest BCUT2D eigenvalue weighted by Gasteiger charge is -2.13. The largest absolute Gasteiger partial charge is 0.380 e. The second-order valence-electron chi connectivity index (χ2n) is 5.17. The van der Waals surface area contributed by atoms with Gasteiger partial charge in [-0.25, -0.2) is 4.98 Å². The molecule has 0 amide bonds. The number of aryl methyl sites for hydroxylation is 1. The van der Waals surface area contributed by atoms with Crippen LogP contribution in [0.1, 0.15) is 21.0 Å². The molecule has 132 valence electrons. The van der Waals surface area contributed by atoms with E-state index < -0.39 is 0 Å². The molecule has 0 bridgehead atoms. The number of nitrogens with zero attached hydrogens (tertiary/aromatic N) is 2. The maximum atomic E-state index is 5.24. The molecule has 0 aliphatic heterocycles. The van der Waals surface area contributed by atoms with Crippen LogP contribution in [-0.2, 0) is 24.3 Å². The fourth-order valence-electron chi connectivity index (χ4n) is 2.23. The molecule has 0 fully saturated rings. The summed E-state index contributed by atoms with van der Waals surface area (Å²) in [6.45, 7) is 4.22. The summed E-state index contributed by atoms with van der Waals surface area (Å²) in [6.07, 6.45) is 2.82. The van der Waals surface area contributed by atoms with Gasteiger partial charge in [0.1, 0.15) is 0 Å². The molecule has 1 aromatic carbocycles. The predicted octanol–water partition coefficient (Wildman–Crippen LogP) is 3.12. The molecule has 24 heavy (non-hydrogen) atoms. The summed E-state index contributed by atoms with van der Waals surface area (Å²) in [5.41, 5.74) is 2.41. The van der Waals surface area contributed by atoms with E-state index in [0.717, 1.165) is 30.5 Å². The average molecular weight is 460 g/mol. The molecule has 0 unspecified atom stereocenters. The van der Waals surface area contributed by atoms with E-state index in [1.807, 2.05) is 18.3 Å². The van der Waals surface area contributed by atoms with Crippen molar-refractivity contribution in [2.45, 2.75) is 26.5 Å². The van der Waals surface area contributed by atoms with Crippen LogP contribution in [0.15, 0.2) is 35.5 Å². The molecule has 0 spiro atoms. The van der Waals surface area contributed by atoms with Crippen LogP contribution in [0.5, 0.6) is 0 Å². The zero-order chi connectivity index (χ0) is 16.5. The number of halogens is 1. The Morgan fingerprint density at radius 1 is 1.25 bits per heavy atom. The zero-order valence-electron chi connectivity index (χ0n) is 14.3. The molecule has 2 rings (SSSR count). The van der Waals surface area contributed by atoms with E-state index >= 15 is 0 Å². The molecule has 0 saturated carbocycles. The number of hydrogen-bond acceptors (Lipinski definition) is 4. The summed E-state index contributed by atoms with van der Waals surface area (Å²) in [6, 6.07) is 8.26. The highest BCUT2D eigenvalue weighted by Crippen LogP contribution is 2.11. The van der Waals surface area contributed by atoms with E-state index in [1.54, 1.807) is 25.5 Å². The number of guanidine groups is 1. The Hall–Kier alpha value is -1.19. The smallest absolute Gasteiger partial charge is 0.191 e. The van der Waals surface area contributed by atoms with Gasteiger partial charge in [-0.1, -0.05) is 24.3 Å². The Balaban J connectivity index is 0.00000288. The van der Waals surface area contributed by atoms with Crippen molar-refractivity contribution < 1.29 is 4.74 Å². The number of nitrogens with one attached hydrogen (secondary N) is 2. The van der Waals surface area contributed by atoms with Crippen LogP contribution in [0.2, 0.25) is 0 Å². The van der Waals surface area contributed by atoms with Crippen molar-refractivity contribution in [3.8, 4) is 0 Å². The maximum absolute atomic E-state index is 5.24. The summed E-state index contributed by atoms with van der Waals surface area (Å²) < 4.78 is 5.24. The number of ether oxygens (including phenoxy) is 1. The predicted molar refractivity (Wildman–Crippen MR) is 111 cm³/mol. The van der Waals surface area contributed by atoms with E-state index in [-0.39, 0.29) is 24.0 Å². The number of rotatable bonds is 7. The van der Waals surface area contributed by atoms with Crippen molar-refractivity contribution in [1.82, 2.24) is 15.6 Å². The van der Waals surface area contributed by atoms with E-state index in [9.17, 15) is 0 Å². The molecule has 2 N–H and O–H groups in total. The third-order valence-electron chi connectivity index (χ3n) is 3.39. The minimum absolute atomic E-state index is 0. The molecule has 0 radical (unpaired) electrons. The third-order valence-corrected chi connectivity index (χ3v) is 4.36. The number of benzene rings is 1.